The number of rotatable bonds is 4. The molecule has 0 radical (unpaired) electrons. The topological polar surface area (TPSA) is 73.1 Å². The second-order valence-electron chi connectivity index (χ2n) is 6.71. The Balaban J connectivity index is 1.82. The van der Waals surface area contributed by atoms with Crippen molar-refractivity contribution in [2.75, 3.05) is 0 Å². The van der Waals surface area contributed by atoms with Gasteiger partial charge in [0, 0.05) is 28.2 Å². The van der Waals surface area contributed by atoms with Crippen molar-refractivity contribution in [3.8, 4) is 11.3 Å². The Labute approximate surface area is 167 Å². The second kappa shape index (κ2) is 7.04. The Hall–Kier alpha value is -2.70. The molecule has 0 aliphatic carbocycles. The standard InChI is InChI=1S/C21H17ClN2O3S/c1-13-10-20(22)14(2)9-19(13)21-18-4-3-17(11-15(18)5-7-23-21)28(25,26)12-16-6-8-27-24-16/h3-11H,12H2,1-2H3. The number of aromatic nitrogens is 2. The van der Waals surface area contributed by atoms with Gasteiger partial charge >= 0.3 is 0 Å². The highest BCUT2D eigenvalue weighted by Gasteiger charge is 2.19. The lowest BCUT2D eigenvalue weighted by Gasteiger charge is -2.12. The SMILES string of the molecule is Cc1cc(-c2nccc3cc(S(=O)(=O)Cc4ccon4)ccc23)c(C)cc1Cl. The molecule has 0 aliphatic rings. The van der Waals surface area contributed by atoms with Gasteiger partial charge in [0.05, 0.1) is 16.3 Å². The molecule has 142 valence electrons. The molecule has 7 heteroatoms. The van der Waals surface area contributed by atoms with Gasteiger partial charge in [0.15, 0.2) is 9.84 Å². The van der Waals surface area contributed by atoms with Gasteiger partial charge in [-0.05, 0) is 60.7 Å². The van der Waals surface area contributed by atoms with Crippen LogP contribution < -0.4 is 0 Å². The van der Waals surface area contributed by atoms with Gasteiger partial charge < -0.3 is 4.52 Å². The molecule has 0 amide bonds. The summed E-state index contributed by atoms with van der Waals surface area (Å²) in [7, 11) is -3.53. The van der Waals surface area contributed by atoms with E-state index >= 15 is 0 Å². The lowest BCUT2D eigenvalue weighted by atomic mass is 9.98. The molecule has 0 saturated heterocycles. The molecular formula is C21H17ClN2O3S. The van der Waals surface area contributed by atoms with Gasteiger partial charge in [-0.15, -0.1) is 0 Å². The van der Waals surface area contributed by atoms with Crippen LogP contribution in [0.1, 0.15) is 16.8 Å². The predicted octanol–water partition coefficient (Wildman–Crippen LogP) is 5.13. The maximum Gasteiger partial charge on any atom is 0.184 e. The molecule has 2 heterocycles. The summed E-state index contributed by atoms with van der Waals surface area (Å²) in [4.78, 5) is 4.79. The van der Waals surface area contributed by atoms with Gasteiger partial charge in [0.25, 0.3) is 0 Å². The van der Waals surface area contributed by atoms with Crippen molar-refractivity contribution < 1.29 is 12.9 Å². The van der Waals surface area contributed by atoms with Crippen LogP contribution >= 0.6 is 11.6 Å². The zero-order chi connectivity index (χ0) is 19.9. The van der Waals surface area contributed by atoms with E-state index in [0.717, 1.165) is 33.2 Å². The first-order chi connectivity index (χ1) is 13.3. The number of hydrogen-bond acceptors (Lipinski definition) is 5. The summed E-state index contributed by atoms with van der Waals surface area (Å²) < 4.78 is 30.2. The average Bonchev–Trinajstić information content (AvgIpc) is 3.16. The fourth-order valence-corrected chi connectivity index (χ4v) is 4.70. The highest BCUT2D eigenvalue weighted by Crippen LogP contribution is 2.33. The molecule has 4 rings (SSSR count). The second-order valence-corrected chi connectivity index (χ2v) is 9.11. The lowest BCUT2D eigenvalue weighted by molar-refractivity contribution is 0.413. The molecule has 2 aromatic heterocycles. The van der Waals surface area contributed by atoms with E-state index in [0.29, 0.717) is 10.7 Å². The Morgan fingerprint density at radius 2 is 1.86 bits per heavy atom. The molecule has 2 aromatic carbocycles. The van der Waals surface area contributed by atoms with Crippen LogP contribution in [0.2, 0.25) is 5.02 Å². The van der Waals surface area contributed by atoms with Crippen molar-refractivity contribution in [3.05, 3.63) is 76.8 Å². The molecule has 0 aliphatic heterocycles. The Morgan fingerprint density at radius 3 is 2.61 bits per heavy atom. The minimum absolute atomic E-state index is 0.206. The molecule has 0 spiro atoms. The van der Waals surface area contributed by atoms with E-state index in [1.165, 1.54) is 6.26 Å². The summed E-state index contributed by atoms with van der Waals surface area (Å²) in [5.74, 6) is -0.206. The first-order valence-electron chi connectivity index (χ1n) is 8.63. The van der Waals surface area contributed by atoms with Gasteiger partial charge in [-0.3, -0.25) is 4.98 Å². The highest BCUT2D eigenvalue weighted by molar-refractivity contribution is 7.90. The van der Waals surface area contributed by atoms with Crippen molar-refractivity contribution in [2.24, 2.45) is 0 Å². The Kier molecular flexibility index (Phi) is 4.69. The summed E-state index contributed by atoms with van der Waals surface area (Å²) in [6, 6.07) is 12.4. The summed E-state index contributed by atoms with van der Waals surface area (Å²) in [5, 5.41) is 6.09. The van der Waals surface area contributed by atoms with Crippen molar-refractivity contribution in [3.63, 3.8) is 0 Å². The summed E-state index contributed by atoms with van der Waals surface area (Å²) in [5.41, 5.74) is 4.13. The number of sulfone groups is 1. The fourth-order valence-electron chi connectivity index (χ4n) is 3.19. The van der Waals surface area contributed by atoms with Crippen LogP contribution in [-0.2, 0) is 15.6 Å². The third kappa shape index (κ3) is 3.41. The van der Waals surface area contributed by atoms with Crippen LogP contribution in [0, 0.1) is 13.8 Å². The zero-order valence-electron chi connectivity index (χ0n) is 15.3. The van der Waals surface area contributed by atoms with Crippen molar-refractivity contribution in [1.82, 2.24) is 10.1 Å². The van der Waals surface area contributed by atoms with E-state index in [1.807, 2.05) is 32.0 Å². The van der Waals surface area contributed by atoms with E-state index < -0.39 is 9.84 Å². The van der Waals surface area contributed by atoms with Gasteiger partial charge in [0.1, 0.15) is 12.0 Å². The smallest absolute Gasteiger partial charge is 0.184 e. The van der Waals surface area contributed by atoms with Crippen molar-refractivity contribution >= 4 is 32.2 Å². The third-order valence-corrected chi connectivity index (χ3v) is 6.74. The van der Waals surface area contributed by atoms with Crippen LogP contribution in [0.4, 0.5) is 0 Å². The van der Waals surface area contributed by atoms with Crippen LogP contribution in [0.15, 0.2) is 64.3 Å². The molecule has 0 atom stereocenters. The minimum Gasteiger partial charge on any atom is -0.364 e. The number of aryl methyl sites for hydroxylation is 2. The maximum atomic E-state index is 12.7. The molecule has 28 heavy (non-hydrogen) atoms. The van der Waals surface area contributed by atoms with E-state index in [2.05, 4.69) is 10.1 Å². The van der Waals surface area contributed by atoms with Gasteiger partial charge in [-0.1, -0.05) is 22.8 Å². The summed E-state index contributed by atoms with van der Waals surface area (Å²) in [6.45, 7) is 3.93. The molecule has 0 N–H and O–H groups in total. The first-order valence-corrected chi connectivity index (χ1v) is 10.7. The van der Waals surface area contributed by atoms with E-state index in [9.17, 15) is 8.42 Å². The minimum atomic E-state index is -3.53. The van der Waals surface area contributed by atoms with Crippen LogP contribution in [0.3, 0.4) is 0 Å². The van der Waals surface area contributed by atoms with Crippen molar-refractivity contribution in [2.45, 2.75) is 24.5 Å². The number of hydrogen-bond donors (Lipinski definition) is 0. The Bertz CT molecular complexity index is 1280. The number of halogens is 1. The third-order valence-electron chi connectivity index (χ3n) is 4.68. The van der Waals surface area contributed by atoms with Crippen LogP contribution in [0.5, 0.6) is 0 Å². The number of nitrogens with zero attached hydrogens (tertiary/aromatic N) is 2. The van der Waals surface area contributed by atoms with Crippen LogP contribution in [-0.4, -0.2) is 18.6 Å². The van der Waals surface area contributed by atoms with Gasteiger partial charge in [-0.25, -0.2) is 8.42 Å². The molecule has 0 unspecified atom stereocenters. The summed E-state index contributed by atoms with van der Waals surface area (Å²) >= 11 is 6.22. The monoisotopic (exact) mass is 412 g/mol. The molecule has 0 bridgehead atoms. The summed E-state index contributed by atoms with van der Waals surface area (Å²) in [6.07, 6.45) is 3.05. The molecule has 0 fully saturated rings. The quantitative estimate of drug-likeness (QED) is 0.464. The average molecular weight is 413 g/mol. The number of pyridine rings is 1. The largest absolute Gasteiger partial charge is 0.364 e. The zero-order valence-corrected chi connectivity index (χ0v) is 16.9. The van der Waals surface area contributed by atoms with E-state index in [-0.39, 0.29) is 10.6 Å². The van der Waals surface area contributed by atoms with Gasteiger partial charge in [0.2, 0.25) is 0 Å². The molecule has 4 aromatic rings. The van der Waals surface area contributed by atoms with E-state index in [1.54, 1.807) is 30.5 Å². The lowest BCUT2D eigenvalue weighted by Crippen LogP contribution is -2.05. The normalized spacial score (nSPS) is 11.8. The highest BCUT2D eigenvalue weighted by atomic mass is 35.5. The molecule has 0 saturated carbocycles. The maximum absolute atomic E-state index is 12.7. The van der Waals surface area contributed by atoms with Crippen LogP contribution in [0.25, 0.3) is 22.0 Å². The van der Waals surface area contributed by atoms with E-state index in [4.69, 9.17) is 16.1 Å². The Morgan fingerprint density at radius 1 is 1.04 bits per heavy atom. The first kappa shape index (κ1) is 18.7. The molecular weight excluding hydrogens is 396 g/mol. The number of fused-ring (bicyclic) bond motifs is 1. The van der Waals surface area contributed by atoms with Gasteiger partial charge in [-0.2, -0.15) is 0 Å². The fraction of sp³-hybridized carbons (Fsp3) is 0.143. The number of benzene rings is 2. The predicted molar refractivity (Wildman–Crippen MR) is 109 cm³/mol. The molecule has 5 nitrogen and oxygen atoms in total. The van der Waals surface area contributed by atoms with Crippen molar-refractivity contribution in [1.29, 1.82) is 0 Å².